The zero-order valence-corrected chi connectivity index (χ0v) is 11.9. The van der Waals surface area contributed by atoms with Gasteiger partial charge in [-0.15, -0.1) is 0 Å². The van der Waals surface area contributed by atoms with E-state index in [1.54, 1.807) is 6.07 Å². The summed E-state index contributed by atoms with van der Waals surface area (Å²) in [6, 6.07) is 4.64. The molecule has 0 saturated carbocycles. The van der Waals surface area contributed by atoms with Gasteiger partial charge in [-0.25, -0.2) is 9.67 Å². The van der Waals surface area contributed by atoms with Crippen molar-refractivity contribution in [1.82, 2.24) is 20.1 Å². The number of nitrogens with zero attached hydrogens (tertiary/aromatic N) is 3. The van der Waals surface area contributed by atoms with E-state index >= 15 is 0 Å². The van der Waals surface area contributed by atoms with Crippen molar-refractivity contribution in [3.8, 4) is 5.82 Å². The Bertz CT molecular complexity index is 605. The minimum absolute atomic E-state index is 0.401. The molecule has 0 bridgehead atoms. The molecule has 0 unspecified atom stereocenters. The first kappa shape index (κ1) is 15.5. The van der Waals surface area contributed by atoms with Crippen molar-refractivity contribution in [2.75, 3.05) is 6.54 Å². The predicted molar refractivity (Wildman–Crippen MR) is 73.1 cm³/mol. The largest absolute Gasteiger partial charge is 0.435 e. The van der Waals surface area contributed by atoms with Gasteiger partial charge in [-0.2, -0.15) is 18.3 Å². The highest BCUT2D eigenvalue weighted by atomic mass is 19.4. The molecule has 0 aliphatic heterocycles. The molecule has 0 atom stereocenters. The van der Waals surface area contributed by atoms with Gasteiger partial charge in [0.1, 0.15) is 0 Å². The molecule has 0 fully saturated rings. The van der Waals surface area contributed by atoms with Crippen LogP contribution in [0.1, 0.15) is 30.8 Å². The molecule has 0 amide bonds. The minimum atomic E-state index is -4.44. The van der Waals surface area contributed by atoms with Gasteiger partial charge in [0.15, 0.2) is 11.5 Å². The van der Waals surface area contributed by atoms with Crippen LogP contribution < -0.4 is 5.32 Å². The minimum Gasteiger partial charge on any atom is -0.313 e. The Kier molecular flexibility index (Phi) is 4.62. The topological polar surface area (TPSA) is 42.7 Å². The summed E-state index contributed by atoms with van der Waals surface area (Å²) in [7, 11) is 0. The number of aromatic nitrogens is 3. The maximum absolute atomic E-state index is 12.6. The Hall–Kier alpha value is -1.89. The second kappa shape index (κ2) is 6.26. The lowest BCUT2D eigenvalue weighted by Gasteiger charge is -2.09. The highest BCUT2D eigenvalue weighted by Crippen LogP contribution is 2.27. The third kappa shape index (κ3) is 3.81. The number of halogens is 3. The summed E-state index contributed by atoms with van der Waals surface area (Å²) in [6.45, 7) is 5.41. The van der Waals surface area contributed by atoms with E-state index in [9.17, 15) is 13.2 Å². The summed E-state index contributed by atoms with van der Waals surface area (Å²) in [6.07, 6.45) is -2.46. The van der Waals surface area contributed by atoms with Crippen LogP contribution in [-0.4, -0.2) is 21.3 Å². The number of pyridine rings is 1. The van der Waals surface area contributed by atoms with Gasteiger partial charge in [0.25, 0.3) is 0 Å². The first-order valence-corrected chi connectivity index (χ1v) is 6.77. The number of hydrogen-bond acceptors (Lipinski definition) is 3. The van der Waals surface area contributed by atoms with E-state index in [1.807, 2.05) is 19.9 Å². The fraction of sp³-hybridized carbons (Fsp3) is 0.429. The van der Waals surface area contributed by atoms with E-state index in [0.717, 1.165) is 28.6 Å². The number of hydrogen-bond donors (Lipinski definition) is 1. The van der Waals surface area contributed by atoms with E-state index in [4.69, 9.17) is 0 Å². The standard InChI is InChI=1S/C14H17F3N4/c1-3-11-7-10(9-18-4-2)8-13(19-11)21-6-5-12(20-21)14(15,16)17/h5-8,18H,3-4,9H2,1-2H3. The lowest BCUT2D eigenvalue weighted by atomic mass is 10.2. The van der Waals surface area contributed by atoms with Crippen LogP contribution in [0.3, 0.4) is 0 Å². The third-order valence-electron chi connectivity index (χ3n) is 2.98. The smallest absolute Gasteiger partial charge is 0.313 e. The van der Waals surface area contributed by atoms with Gasteiger partial charge >= 0.3 is 6.18 Å². The number of alkyl halides is 3. The van der Waals surface area contributed by atoms with Crippen molar-refractivity contribution in [1.29, 1.82) is 0 Å². The molecule has 4 nitrogen and oxygen atoms in total. The molecule has 0 aromatic carbocycles. The summed E-state index contributed by atoms with van der Waals surface area (Å²) in [5.74, 6) is 0.401. The first-order valence-electron chi connectivity index (χ1n) is 6.77. The summed E-state index contributed by atoms with van der Waals surface area (Å²) in [5, 5.41) is 6.74. The van der Waals surface area contributed by atoms with Gasteiger partial charge < -0.3 is 5.32 Å². The second-order valence-corrected chi connectivity index (χ2v) is 4.60. The molecule has 2 heterocycles. The van der Waals surface area contributed by atoms with E-state index < -0.39 is 11.9 Å². The van der Waals surface area contributed by atoms with Crippen LogP contribution in [0.25, 0.3) is 5.82 Å². The van der Waals surface area contributed by atoms with Crippen molar-refractivity contribution >= 4 is 0 Å². The third-order valence-corrected chi connectivity index (χ3v) is 2.98. The van der Waals surface area contributed by atoms with Crippen molar-refractivity contribution < 1.29 is 13.2 Å². The van der Waals surface area contributed by atoms with E-state index in [-0.39, 0.29) is 0 Å². The molecule has 0 radical (unpaired) electrons. The Balaban J connectivity index is 2.36. The fourth-order valence-electron chi connectivity index (χ4n) is 1.91. The maximum Gasteiger partial charge on any atom is 0.435 e. The SMILES string of the molecule is CCNCc1cc(CC)nc(-n2ccc(C(F)(F)F)n2)c1. The normalized spacial score (nSPS) is 11.9. The van der Waals surface area contributed by atoms with Crippen molar-refractivity contribution in [3.63, 3.8) is 0 Å². The van der Waals surface area contributed by atoms with Crippen LogP contribution in [0.15, 0.2) is 24.4 Å². The van der Waals surface area contributed by atoms with Gasteiger partial charge in [-0.3, -0.25) is 0 Å². The highest BCUT2D eigenvalue weighted by Gasteiger charge is 2.33. The molecular formula is C14H17F3N4. The quantitative estimate of drug-likeness (QED) is 0.923. The molecular weight excluding hydrogens is 281 g/mol. The molecule has 2 rings (SSSR count). The molecule has 2 aromatic heterocycles. The second-order valence-electron chi connectivity index (χ2n) is 4.60. The number of rotatable bonds is 5. The average molecular weight is 298 g/mol. The number of aryl methyl sites for hydroxylation is 1. The monoisotopic (exact) mass is 298 g/mol. The predicted octanol–water partition coefficient (Wildman–Crippen LogP) is 2.96. The van der Waals surface area contributed by atoms with E-state index in [2.05, 4.69) is 15.4 Å². The van der Waals surface area contributed by atoms with Crippen LogP contribution in [0.2, 0.25) is 0 Å². The molecule has 0 aliphatic carbocycles. The molecule has 7 heteroatoms. The maximum atomic E-state index is 12.6. The molecule has 114 valence electrons. The van der Waals surface area contributed by atoms with Crippen molar-refractivity contribution in [2.24, 2.45) is 0 Å². The Labute approximate surface area is 121 Å². The average Bonchev–Trinajstić information content (AvgIpc) is 2.94. The fourth-order valence-corrected chi connectivity index (χ4v) is 1.91. The van der Waals surface area contributed by atoms with Gasteiger partial charge in [0.05, 0.1) is 0 Å². The van der Waals surface area contributed by atoms with Gasteiger partial charge in [-0.05, 0) is 36.7 Å². The zero-order chi connectivity index (χ0) is 15.5. The van der Waals surface area contributed by atoms with E-state index in [1.165, 1.54) is 6.20 Å². The van der Waals surface area contributed by atoms with Crippen LogP contribution in [0, 0.1) is 0 Å². The van der Waals surface area contributed by atoms with Crippen LogP contribution in [0.5, 0.6) is 0 Å². The molecule has 0 saturated heterocycles. The van der Waals surface area contributed by atoms with Crippen molar-refractivity contribution in [3.05, 3.63) is 41.3 Å². The van der Waals surface area contributed by atoms with Crippen LogP contribution in [-0.2, 0) is 19.1 Å². The molecule has 0 aliphatic rings. The molecule has 0 spiro atoms. The Morgan fingerprint density at radius 3 is 2.57 bits per heavy atom. The van der Waals surface area contributed by atoms with Crippen molar-refractivity contribution in [2.45, 2.75) is 33.0 Å². The lowest BCUT2D eigenvalue weighted by Crippen LogP contribution is -2.13. The summed E-state index contributed by atoms with van der Waals surface area (Å²) >= 11 is 0. The summed E-state index contributed by atoms with van der Waals surface area (Å²) < 4.78 is 39.0. The summed E-state index contributed by atoms with van der Waals surface area (Å²) in [5.41, 5.74) is 0.881. The first-order chi connectivity index (χ1) is 9.94. The van der Waals surface area contributed by atoms with Crippen LogP contribution >= 0.6 is 0 Å². The van der Waals surface area contributed by atoms with Gasteiger partial charge in [0, 0.05) is 18.4 Å². The Morgan fingerprint density at radius 1 is 1.24 bits per heavy atom. The Morgan fingerprint density at radius 2 is 2.00 bits per heavy atom. The highest BCUT2D eigenvalue weighted by molar-refractivity contribution is 5.31. The molecule has 1 N–H and O–H groups in total. The molecule has 21 heavy (non-hydrogen) atoms. The van der Waals surface area contributed by atoms with Crippen LogP contribution in [0.4, 0.5) is 13.2 Å². The van der Waals surface area contributed by atoms with Gasteiger partial charge in [0.2, 0.25) is 0 Å². The van der Waals surface area contributed by atoms with Gasteiger partial charge in [-0.1, -0.05) is 13.8 Å². The number of nitrogens with one attached hydrogen (secondary N) is 1. The van der Waals surface area contributed by atoms with E-state index in [0.29, 0.717) is 18.8 Å². The zero-order valence-electron chi connectivity index (χ0n) is 11.9. The summed E-state index contributed by atoms with van der Waals surface area (Å²) in [4.78, 5) is 4.33. The molecule has 2 aromatic rings. The lowest BCUT2D eigenvalue weighted by molar-refractivity contribution is -0.141.